The molecule has 0 radical (unpaired) electrons. The summed E-state index contributed by atoms with van der Waals surface area (Å²) < 4.78 is 4.49. The lowest BCUT2D eigenvalue weighted by Gasteiger charge is -2.05. The van der Waals surface area contributed by atoms with Crippen LogP contribution >= 0.6 is 15.9 Å². The molecule has 0 bridgehead atoms. The van der Waals surface area contributed by atoms with Crippen molar-refractivity contribution in [1.29, 1.82) is 0 Å². The van der Waals surface area contributed by atoms with Crippen molar-refractivity contribution in [2.24, 2.45) is 0 Å². The summed E-state index contributed by atoms with van der Waals surface area (Å²) in [5.74, 6) is -0.969. The molecule has 0 unspecified atom stereocenters. The van der Waals surface area contributed by atoms with E-state index in [2.05, 4.69) is 26.1 Å². The Balaban J connectivity index is 2.31. The van der Waals surface area contributed by atoms with Crippen LogP contribution in [0.15, 0.2) is 16.9 Å². The van der Waals surface area contributed by atoms with Crippen LogP contribution in [0.4, 0.5) is 0 Å². The van der Waals surface area contributed by atoms with Gasteiger partial charge in [0.2, 0.25) is 0 Å². The maximum atomic E-state index is 10.8. The third-order valence-corrected chi connectivity index (χ3v) is 3.80. The smallest absolute Gasteiger partial charge is 0.338 e. The Morgan fingerprint density at radius 3 is 2.74 bits per heavy atom. The van der Waals surface area contributed by atoms with Gasteiger partial charge in [-0.25, -0.2) is 4.79 Å². The van der Waals surface area contributed by atoms with E-state index in [0.717, 1.165) is 28.8 Å². The first-order valence-corrected chi connectivity index (χ1v) is 6.85. The third kappa shape index (κ3) is 2.70. The molecule has 0 saturated heterocycles. The number of hydrogen-bond acceptors (Lipinski definition) is 3. The van der Waals surface area contributed by atoms with Crippen LogP contribution in [0.3, 0.4) is 0 Å². The molecule has 0 aliphatic rings. The van der Waals surface area contributed by atoms with E-state index in [1.54, 1.807) is 4.68 Å². The zero-order chi connectivity index (χ0) is 14.0. The molecular formula is C12H15BrN4O2. The van der Waals surface area contributed by atoms with Crippen LogP contribution in [0.1, 0.15) is 35.6 Å². The molecule has 0 fully saturated rings. The van der Waals surface area contributed by atoms with Gasteiger partial charge in [-0.05, 0) is 29.3 Å². The summed E-state index contributed by atoms with van der Waals surface area (Å²) in [5.41, 5.74) is 2.19. The van der Waals surface area contributed by atoms with Crippen LogP contribution in [-0.2, 0) is 19.5 Å². The molecule has 19 heavy (non-hydrogen) atoms. The molecule has 0 amide bonds. The minimum Gasteiger partial charge on any atom is -0.478 e. The van der Waals surface area contributed by atoms with Crippen molar-refractivity contribution in [3.63, 3.8) is 0 Å². The second kappa shape index (κ2) is 5.56. The zero-order valence-corrected chi connectivity index (χ0v) is 12.4. The van der Waals surface area contributed by atoms with E-state index in [9.17, 15) is 4.79 Å². The molecule has 2 aromatic rings. The van der Waals surface area contributed by atoms with E-state index in [1.165, 1.54) is 12.4 Å². The molecule has 6 nitrogen and oxygen atoms in total. The standard InChI is InChI=1S/C12H15BrN4O2/c1-3-9-11(13)10(17(4-2)15-9)7-16-6-8(5-14-16)12(18)19/h5-6H,3-4,7H2,1-2H3,(H,18,19). The minimum atomic E-state index is -0.969. The second-order valence-corrected chi connectivity index (χ2v) is 4.90. The number of aryl methyl sites for hydroxylation is 2. The number of hydrogen-bond donors (Lipinski definition) is 1. The summed E-state index contributed by atoms with van der Waals surface area (Å²) in [7, 11) is 0. The molecule has 0 aliphatic heterocycles. The van der Waals surface area contributed by atoms with Crippen molar-refractivity contribution in [1.82, 2.24) is 19.6 Å². The Kier molecular flexibility index (Phi) is 4.04. The lowest BCUT2D eigenvalue weighted by atomic mass is 10.3. The Hall–Kier alpha value is -1.63. The number of halogens is 1. The quantitative estimate of drug-likeness (QED) is 0.913. The van der Waals surface area contributed by atoms with Crippen LogP contribution in [0.25, 0.3) is 0 Å². The van der Waals surface area contributed by atoms with Gasteiger partial charge in [0.05, 0.1) is 34.2 Å². The van der Waals surface area contributed by atoms with Crippen LogP contribution in [0, 0.1) is 0 Å². The average molecular weight is 327 g/mol. The fourth-order valence-corrected chi connectivity index (χ4v) is 2.57. The van der Waals surface area contributed by atoms with E-state index < -0.39 is 5.97 Å². The first kappa shape index (κ1) is 13.8. The Labute approximate surface area is 119 Å². The Morgan fingerprint density at radius 2 is 2.21 bits per heavy atom. The normalized spacial score (nSPS) is 10.9. The van der Waals surface area contributed by atoms with Crippen molar-refractivity contribution in [3.05, 3.63) is 33.8 Å². The first-order valence-electron chi connectivity index (χ1n) is 6.06. The fourth-order valence-electron chi connectivity index (χ4n) is 1.88. The third-order valence-electron chi connectivity index (χ3n) is 2.89. The number of carboxylic acids is 1. The SMILES string of the molecule is CCc1nn(CC)c(Cn2cc(C(=O)O)cn2)c1Br. The van der Waals surface area contributed by atoms with Crippen LogP contribution in [-0.4, -0.2) is 30.6 Å². The maximum Gasteiger partial charge on any atom is 0.338 e. The van der Waals surface area contributed by atoms with Crippen LogP contribution in [0.2, 0.25) is 0 Å². The molecule has 0 atom stereocenters. The number of rotatable bonds is 5. The topological polar surface area (TPSA) is 72.9 Å². The highest BCUT2D eigenvalue weighted by Crippen LogP contribution is 2.23. The Bertz CT molecular complexity index is 603. The molecule has 7 heteroatoms. The van der Waals surface area contributed by atoms with Crippen molar-refractivity contribution >= 4 is 21.9 Å². The van der Waals surface area contributed by atoms with Gasteiger partial charge in [0.25, 0.3) is 0 Å². The first-order chi connectivity index (χ1) is 9.06. The molecule has 2 rings (SSSR count). The highest BCUT2D eigenvalue weighted by molar-refractivity contribution is 9.10. The highest BCUT2D eigenvalue weighted by Gasteiger charge is 2.15. The number of aromatic nitrogens is 4. The van der Waals surface area contributed by atoms with Gasteiger partial charge in [-0.15, -0.1) is 0 Å². The van der Waals surface area contributed by atoms with Crippen molar-refractivity contribution in [2.45, 2.75) is 33.4 Å². The lowest BCUT2D eigenvalue weighted by Crippen LogP contribution is -2.08. The molecule has 2 aromatic heterocycles. The van der Waals surface area contributed by atoms with Crippen molar-refractivity contribution in [3.8, 4) is 0 Å². The van der Waals surface area contributed by atoms with E-state index in [0.29, 0.717) is 6.54 Å². The molecule has 0 spiro atoms. The van der Waals surface area contributed by atoms with Gasteiger partial charge in [-0.3, -0.25) is 9.36 Å². The summed E-state index contributed by atoms with van der Waals surface area (Å²) in [5, 5.41) is 17.4. The van der Waals surface area contributed by atoms with Gasteiger partial charge in [0, 0.05) is 12.7 Å². The van der Waals surface area contributed by atoms with E-state index in [1.807, 2.05) is 18.5 Å². The molecule has 0 aromatic carbocycles. The largest absolute Gasteiger partial charge is 0.478 e. The van der Waals surface area contributed by atoms with Gasteiger partial charge in [0.1, 0.15) is 0 Å². The molecule has 102 valence electrons. The summed E-state index contributed by atoms with van der Waals surface area (Å²) in [6.07, 6.45) is 3.72. The van der Waals surface area contributed by atoms with Crippen molar-refractivity contribution in [2.75, 3.05) is 0 Å². The van der Waals surface area contributed by atoms with Gasteiger partial charge >= 0.3 is 5.97 Å². The minimum absolute atomic E-state index is 0.189. The summed E-state index contributed by atoms with van der Waals surface area (Å²) >= 11 is 3.56. The van der Waals surface area contributed by atoms with Gasteiger partial charge in [-0.2, -0.15) is 10.2 Å². The molecule has 2 heterocycles. The maximum absolute atomic E-state index is 10.8. The molecular weight excluding hydrogens is 312 g/mol. The second-order valence-electron chi connectivity index (χ2n) is 4.11. The molecule has 0 saturated carbocycles. The van der Waals surface area contributed by atoms with Gasteiger partial charge in [-0.1, -0.05) is 6.92 Å². The number of nitrogens with zero attached hydrogens (tertiary/aromatic N) is 4. The Morgan fingerprint density at radius 1 is 1.47 bits per heavy atom. The van der Waals surface area contributed by atoms with Crippen molar-refractivity contribution < 1.29 is 9.90 Å². The lowest BCUT2D eigenvalue weighted by molar-refractivity contribution is 0.0697. The zero-order valence-electron chi connectivity index (χ0n) is 10.8. The van der Waals surface area contributed by atoms with Gasteiger partial charge in [0.15, 0.2) is 0 Å². The predicted octanol–water partition coefficient (Wildman–Crippen LogP) is 2.17. The van der Waals surface area contributed by atoms with E-state index in [4.69, 9.17) is 5.11 Å². The van der Waals surface area contributed by atoms with Crippen LogP contribution < -0.4 is 0 Å². The monoisotopic (exact) mass is 326 g/mol. The number of carboxylic acid groups (broad SMARTS) is 1. The molecule has 1 N–H and O–H groups in total. The predicted molar refractivity (Wildman–Crippen MR) is 73.3 cm³/mol. The number of aromatic carboxylic acids is 1. The van der Waals surface area contributed by atoms with E-state index >= 15 is 0 Å². The average Bonchev–Trinajstić information content (AvgIpc) is 2.96. The van der Waals surface area contributed by atoms with E-state index in [-0.39, 0.29) is 5.56 Å². The summed E-state index contributed by atoms with van der Waals surface area (Å²) in [6.45, 7) is 5.33. The number of carbonyl (C=O) groups is 1. The molecule has 0 aliphatic carbocycles. The van der Waals surface area contributed by atoms with Crippen LogP contribution in [0.5, 0.6) is 0 Å². The fraction of sp³-hybridized carbons (Fsp3) is 0.417. The summed E-state index contributed by atoms with van der Waals surface area (Å²) in [4.78, 5) is 10.8. The van der Waals surface area contributed by atoms with Gasteiger partial charge < -0.3 is 5.11 Å². The summed E-state index contributed by atoms with van der Waals surface area (Å²) in [6, 6.07) is 0. The highest BCUT2D eigenvalue weighted by atomic mass is 79.9.